The lowest BCUT2D eigenvalue weighted by Crippen LogP contribution is -2.64. The first-order valence-corrected chi connectivity index (χ1v) is 13.4. The standard InChI is InChI=1S/C23H29F3N6O4S/c1-29-9-10-30(37(35,36)31-13-17(11-27)14-31)15-20(29)22(34)32-8-2-3-19(32)21(33)28-12-16-4-6-18(7-5-16)23(24,25)26/h4-7,17,19-20H,2-3,8-10,12-15H2,1H3,(H,28,33)/t19-,20?/m1/s1. The van der Waals surface area contributed by atoms with Gasteiger partial charge in [0.15, 0.2) is 0 Å². The molecule has 3 fully saturated rings. The van der Waals surface area contributed by atoms with Crippen molar-refractivity contribution in [1.82, 2.24) is 23.7 Å². The number of piperazine rings is 1. The minimum absolute atomic E-state index is 0.0182. The fourth-order valence-electron chi connectivity index (χ4n) is 4.81. The normalized spacial score (nSPS) is 24.5. The van der Waals surface area contributed by atoms with Crippen LogP contribution in [0.1, 0.15) is 24.0 Å². The molecule has 4 rings (SSSR count). The van der Waals surface area contributed by atoms with Crippen molar-refractivity contribution >= 4 is 22.0 Å². The molecular weight excluding hydrogens is 513 g/mol. The highest BCUT2D eigenvalue weighted by Gasteiger charge is 2.45. The van der Waals surface area contributed by atoms with Gasteiger partial charge in [-0.25, -0.2) is 0 Å². The minimum atomic E-state index is -4.44. The average Bonchev–Trinajstić information content (AvgIpc) is 3.31. The Morgan fingerprint density at radius 1 is 1.05 bits per heavy atom. The number of hydrogen-bond acceptors (Lipinski definition) is 6. The van der Waals surface area contributed by atoms with Crippen molar-refractivity contribution in [3.05, 3.63) is 35.4 Å². The average molecular weight is 543 g/mol. The zero-order valence-corrected chi connectivity index (χ0v) is 21.1. The van der Waals surface area contributed by atoms with Gasteiger partial charge < -0.3 is 10.2 Å². The van der Waals surface area contributed by atoms with Gasteiger partial charge in [-0.1, -0.05) is 12.1 Å². The molecule has 0 aromatic heterocycles. The van der Waals surface area contributed by atoms with E-state index < -0.39 is 39.9 Å². The van der Waals surface area contributed by atoms with E-state index in [1.807, 2.05) is 6.07 Å². The first kappa shape index (κ1) is 27.3. The molecule has 3 saturated heterocycles. The number of nitrogens with one attached hydrogen (secondary N) is 1. The summed E-state index contributed by atoms with van der Waals surface area (Å²) in [5.74, 6) is -1.07. The number of carbonyl (C=O) groups is 2. The maximum atomic E-state index is 13.5. The van der Waals surface area contributed by atoms with E-state index in [4.69, 9.17) is 5.26 Å². The molecular formula is C23H29F3N6O4S. The Bertz CT molecular complexity index is 1160. The molecule has 0 aliphatic carbocycles. The second kappa shape index (κ2) is 10.6. The Hall–Kier alpha value is -2.73. The van der Waals surface area contributed by atoms with E-state index in [-0.39, 0.29) is 44.5 Å². The summed E-state index contributed by atoms with van der Waals surface area (Å²) in [6.45, 7) is 1.14. The monoisotopic (exact) mass is 542 g/mol. The lowest BCUT2D eigenvalue weighted by Gasteiger charge is -2.43. The molecule has 3 aliphatic rings. The van der Waals surface area contributed by atoms with Gasteiger partial charge >= 0.3 is 6.18 Å². The summed E-state index contributed by atoms with van der Waals surface area (Å²) in [5, 5.41) is 11.7. The maximum Gasteiger partial charge on any atom is 0.416 e. The molecule has 3 aliphatic heterocycles. The van der Waals surface area contributed by atoms with Crippen molar-refractivity contribution in [1.29, 1.82) is 5.26 Å². The summed E-state index contributed by atoms with van der Waals surface area (Å²) >= 11 is 0. The van der Waals surface area contributed by atoms with Crippen LogP contribution in [0.4, 0.5) is 13.2 Å². The topological polar surface area (TPSA) is 117 Å². The van der Waals surface area contributed by atoms with Gasteiger partial charge in [0.2, 0.25) is 11.8 Å². The number of hydrogen-bond donors (Lipinski definition) is 1. The number of benzene rings is 1. The molecule has 14 heteroatoms. The molecule has 202 valence electrons. The molecule has 10 nitrogen and oxygen atoms in total. The third-order valence-electron chi connectivity index (χ3n) is 7.17. The van der Waals surface area contributed by atoms with Crippen molar-refractivity contribution in [2.75, 3.05) is 46.3 Å². The van der Waals surface area contributed by atoms with Gasteiger partial charge in [0.05, 0.1) is 17.6 Å². The minimum Gasteiger partial charge on any atom is -0.350 e. The molecule has 2 amide bonds. The van der Waals surface area contributed by atoms with Crippen molar-refractivity contribution < 1.29 is 31.2 Å². The number of likely N-dealkylation sites (N-methyl/N-ethyl adjacent to an activating group) is 1. The van der Waals surface area contributed by atoms with E-state index in [2.05, 4.69) is 5.32 Å². The number of alkyl halides is 3. The summed E-state index contributed by atoms with van der Waals surface area (Å²) in [7, 11) is -2.06. The molecule has 1 aromatic rings. The molecule has 1 unspecified atom stereocenters. The number of likely N-dealkylation sites (tertiary alicyclic amines) is 1. The Morgan fingerprint density at radius 3 is 2.35 bits per heavy atom. The van der Waals surface area contributed by atoms with Crippen LogP contribution in [0, 0.1) is 17.2 Å². The molecule has 0 saturated carbocycles. The van der Waals surface area contributed by atoms with Crippen LogP contribution in [0.25, 0.3) is 0 Å². The maximum absolute atomic E-state index is 13.5. The summed E-state index contributed by atoms with van der Waals surface area (Å²) in [5.41, 5.74) is -0.281. The second-order valence-electron chi connectivity index (χ2n) is 9.61. The summed E-state index contributed by atoms with van der Waals surface area (Å²) in [6, 6.07) is 5.03. The zero-order chi connectivity index (χ0) is 27.0. The predicted octanol–water partition coefficient (Wildman–Crippen LogP) is 0.629. The largest absolute Gasteiger partial charge is 0.416 e. The van der Waals surface area contributed by atoms with Gasteiger partial charge in [-0.3, -0.25) is 14.5 Å². The van der Waals surface area contributed by atoms with E-state index in [0.717, 1.165) is 12.1 Å². The van der Waals surface area contributed by atoms with Crippen molar-refractivity contribution in [3.63, 3.8) is 0 Å². The fraction of sp³-hybridized carbons (Fsp3) is 0.609. The number of rotatable bonds is 6. The summed E-state index contributed by atoms with van der Waals surface area (Å²) in [4.78, 5) is 29.6. The van der Waals surface area contributed by atoms with Crippen molar-refractivity contribution in [2.24, 2.45) is 5.92 Å². The van der Waals surface area contributed by atoms with Crippen molar-refractivity contribution in [2.45, 2.75) is 37.6 Å². The van der Waals surface area contributed by atoms with Gasteiger partial charge in [0.1, 0.15) is 12.1 Å². The van der Waals surface area contributed by atoms with Gasteiger partial charge in [-0.15, -0.1) is 0 Å². The van der Waals surface area contributed by atoms with Gasteiger partial charge in [0.25, 0.3) is 10.2 Å². The highest BCUT2D eigenvalue weighted by molar-refractivity contribution is 7.86. The van der Waals surface area contributed by atoms with Crippen LogP contribution in [0.2, 0.25) is 0 Å². The van der Waals surface area contributed by atoms with Crippen LogP contribution in [-0.4, -0.2) is 97.0 Å². The zero-order valence-electron chi connectivity index (χ0n) is 20.3. The van der Waals surface area contributed by atoms with Crippen LogP contribution >= 0.6 is 0 Å². The van der Waals surface area contributed by atoms with E-state index in [9.17, 15) is 31.2 Å². The van der Waals surface area contributed by atoms with Gasteiger partial charge in [-0.2, -0.15) is 35.5 Å². The van der Waals surface area contributed by atoms with Crippen LogP contribution in [0.5, 0.6) is 0 Å². The van der Waals surface area contributed by atoms with E-state index in [1.165, 1.54) is 25.6 Å². The molecule has 3 heterocycles. The number of carbonyl (C=O) groups excluding carboxylic acids is 2. The van der Waals surface area contributed by atoms with Crippen LogP contribution in [-0.2, 0) is 32.5 Å². The Kier molecular flexibility index (Phi) is 7.80. The Balaban J connectivity index is 1.37. The second-order valence-corrected chi connectivity index (χ2v) is 11.5. The molecule has 0 spiro atoms. The molecule has 0 bridgehead atoms. The van der Waals surface area contributed by atoms with Gasteiger partial charge in [0, 0.05) is 45.8 Å². The van der Waals surface area contributed by atoms with Gasteiger partial charge in [-0.05, 0) is 37.6 Å². The molecule has 1 N–H and O–H groups in total. The summed E-state index contributed by atoms with van der Waals surface area (Å²) < 4.78 is 66.7. The third kappa shape index (κ3) is 5.74. The first-order chi connectivity index (χ1) is 17.4. The number of nitriles is 1. The van der Waals surface area contributed by atoms with Crippen LogP contribution in [0.15, 0.2) is 24.3 Å². The van der Waals surface area contributed by atoms with Crippen molar-refractivity contribution in [3.8, 4) is 6.07 Å². The Labute approximate surface area is 213 Å². The SMILES string of the molecule is CN1CCN(S(=O)(=O)N2CC(C#N)C2)CC1C(=O)N1CCC[C@@H]1C(=O)NCc1ccc(C(F)(F)F)cc1. The first-order valence-electron chi connectivity index (χ1n) is 12.0. The Morgan fingerprint density at radius 2 is 1.73 bits per heavy atom. The predicted molar refractivity (Wildman–Crippen MR) is 126 cm³/mol. The number of nitrogens with zero attached hydrogens (tertiary/aromatic N) is 5. The highest BCUT2D eigenvalue weighted by atomic mass is 32.2. The lowest BCUT2D eigenvalue weighted by molar-refractivity contribution is -0.143. The van der Waals surface area contributed by atoms with Crippen LogP contribution in [0.3, 0.4) is 0 Å². The molecule has 37 heavy (non-hydrogen) atoms. The molecule has 1 aromatic carbocycles. The summed E-state index contributed by atoms with van der Waals surface area (Å²) in [6.07, 6.45) is -3.40. The third-order valence-corrected chi connectivity index (χ3v) is 9.10. The highest BCUT2D eigenvalue weighted by Crippen LogP contribution is 2.29. The number of halogens is 3. The lowest BCUT2D eigenvalue weighted by atomic mass is 10.1. The molecule has 0 radical (unpaired) electrons. The molecule has 2 atom stereocenters. The van der Waals surface area contributed by atoms with E-state index in [0.29, 0.717) is 31.5 Å². The fourth-order valence-corrected chi connectivity index (χ4v) is 6.51. The van der Waals surface area contributed by atoms with E-state index >= 15 is 0 Å². The van der Waals surface area contributed by atoms with Crippen LogP contribution < -0.4 is 5.32 Å². The number of amides is 2. The quantitative estimate of drug-likeness (QED) is 0.564. The van der Waals surface area contributed by atoms with E-state index in [1.54, 1.807) is 11.9 Å². The smallest absolute Gasteiger partial charge is 0.350 e.